The molecule has 0 aliphatic carbocycles. The Morgan fingerprint density at radius 3 is 2.88 bits per heavy atom. The molecule has 0 fully saturated rings. The number of nitrogens with one attached hydrogen (secondary N) is 2. The van der Waals surface area contributed by atoms with Crippen LogP contribution in [0.15, 0.2) is 35.4 Å². The molecule has 0 spiro atoms. The molecule has 0 unspecified atom stereocenters. The lowest BCUT2D eigenvalue weighted by atomic mass is 9.79. The second kappa shape index (κ2) is 6.76. The number of benzene rings is 1. The highest BCUT2D eigenvalue weighted by molar-refractivity contribution is 7.92. The molecule has 0 atom stereocenters. The molecule has 132 valence electrons. The van der Waals surface area contributed by atoms with Gasteiger partial charge < -0.3 is 15.0 Å². The van der Waals surface area contributed by atoms with Crippen LogP contribution >= 0.6 is 0 Å². The minimum atomic E-state index is -4.11. The van der Waals surface area contributed by atoms with E-state index in [1.165, 1.54) is 25.1 Å². The van der Waals surface area contributed by atoms with Gasteiger partial charge in [-0.15, -0.1) is 0 Å². The SMILES string of the molecule is CC(=O)Nc1cc(C#N)c(S(=O)(=O)Nc2ccc3c(c2)B(O)OC3)cn1. The van der Waals surface area contributed by atoms with Crippen molar-refractivity contribution in [3.05, 3.63) is 41.6 Å². The summed E-state index contributed by atoms with van der Waals surface area (Å²) in [5, 5.41) is 21.3. The first-order valence-electron chi connectivity index (χ1n) is 7.43. The number of aromatic nitrogens is 1. The molecule has 0 saturated carbocycles. The lowest BCUT2D eigenvalue weighted by molar-refractivity contribution is -0.114. The Bertz CT molecular complexity index is 1030. The Kier molecular flexibility index (Phi) is 4.65. The number of fused-ring (bicyclic) bond motifs is 1. The third-order valence-corrected chi connectivity index (χ3v) is 5.05. The number of anilines is 2. The molecule has 0 bridgehead atoms. The van der Waals surface area contributed by atoms with E-state index in [0.29, 0.717) is 5.46 Å². The third-order valence-electron chi connectivity index (χ3n) is 3.64. The number of sulfonamides is 1. The van der Waals surface area contributed by atoms with Gasteiger partial charge >= 0.3 is 7.12 Å². The van der Waals surface area contributed by atoms with E-state index in [1.54, 1.807) is 12.1 Å². The molecular formula is C15H13BN4O5S. The molecular weight excluding hydrogens is 359 g/mol. The van der Waals surface area contributed by atoms with Gasteiger partial charge in [-0.1, -0.05) is 6.07 Å². The predicted molar refractivity (Wildman–Crippen MR) is 92.9 cm³/mol. The number of nitrogens with zero attached hydrogens (tertiary/aromatic N) is 2. The Hall–Kier alpha value is -2.94. The van der Waals surface area contributed by atoms with Crippen LogP contribution < -0.4 is 15.5 Å². The monoisotopic (exact) mass is 372 g/mol. The topological polar surface area (TPSA) is 141 Å². The van der Waals surface area contributed by atoms with Gasteiger partial charge in [0.2, 0.25) is 5.91 Å². The van der Waals surface area contributed by atoms with Crippen LogP contribution in [0.25, 0.3) is 0 Å². The number of pyridine rings is 1. The van der Waals surface area contributed by atoms with E-state index in [4.69, 9.17) is 4.65 Å². The molecule has 1 amide bonds. The molecule has 2 aromatic rings. The Labute approximate surface area is 149 Å². The minimum absolute atomic E-state index is 0.0748. The van der Waals surface area contributed by atoms with Crippen molar-refractivity contribution < 1.29 is 22.9 Å². The van der Waals surface area contributed by atoms with E-state index in [9.17, 15) is 23.5 Å². The van der Waals surface area contributed by atoms with Crippen LogP contribution in [0.5, 0.6) is 0 Å². The van der Waals surface area contributed by atoms with E-state index in [0.717, 1.165) is 11.8 Å². The van der Waals surface area contributed by atoms with E-state index in [1.807, 2.05) is 0 Å². The molecule has 3 N–H and O–H groups in total. The fraction of sp³-hybridized carbons (Fsp3) is 0.133. The van der Waals surface area contributed by atoms with Gasteiger partial charge in [0.25, 0.3) is 10.0 Å². The Balaban J connectivity index is 1.92. The molecule has 26 heavy (non-hydrogen) atoms. The van der Waals surface area contributed by atoms with Gasteiger partial charge in [0, 0.05) is 18.7 Å². The molecule has 3 rings (SSSR count). The van der Waals surface area contributed by atoms with Crippen molar-refractivity contribution in [2.24, 2.45) is 0 Å². The average molecular weight is 372 g/mol. The zero-order valence-electron chi connectivity index (χ0n) is 13.6. The van der Waals surface area contributed by atoms with Gasteiger partial charge in [0.05, 0.1) is 18.4 Å². The lowest BCUT2D eigenvalue weighted by Crippen LogP contribution is -2.28. The predicted octanol–water partition coefficient (Wildman–Crippen LogP) is -0.0698. The first kappa shape index (κ1) is 17.9. The average Bonchev–Trinajstić information content (AvgIpc) is 2.94. The largest absolute Gasteiger partial charge is 0.491 e. The summed E-state index contributed by atoms with van der Waals surface area (Å²) in [7, 11) is -5.21. The number of hydrogen-bond donors (Lipinski definition) is 3. The summed E-state index contributed by atoms with van der Waals surface area (Å²) >= 11 is 0. The number of carbonyl (C=O) groups excluding carboxylic acids is 1. The molecule has 1 aromatic heterocycles. The maximum absolute atomic E-state index is 12.6. The fourth-order valence-electron chi connectivity index (χ4n) is 2.48. The quantitative estimate of drug-likeness (QED) is 0.638. The van der Waals surface area contributed by atoms with Crippen molar-refractivity contribution in [2.75, 3.05) is 10.0 Å². The van der Waals surface area contributed by atoms with E-state index in [2.05, 4.69) is 15.0 Å². The smallest absolute Gasteiger partial charge is 0.423 e. The van der Waals surface area contributed by atoms with Crippen molar-refractivity contribution in [3.8, 4) is 6.07 Å². The summed E-state index contributed by atoms with van der Waals surface area (Å²) in [5.41, 5.74) is 1.29. The number of hydrogen-bond acceptors (Lipinski definition) is 7. The van der Waals surface area contributed by atoms with Crippen LogP contribution in [0, 0.1) is 11.3 Å². The fourth-order valence-corrected chi connectivity index (χ4v) is 3.61. The summed E-state index contributed by atoms with van der Waals surface area (Å²) < 4.78 is 32.6. The second-order valence-electron chi connectivity index (χ2n) is 5.54. The summed E-state index contributed by atoms with van der Waals surface area (Å²) in [5.74, 6) is -0.320. The number of nitriles is 1. The van der Waals surface area contributed by atoms with Gasteiger partial charge in [-0.05, 0) is 23.2 Å². The summed E-state index contributed by atoms with van der Waals surface area (Å²) in [6.07, 6.45) is 0.998. The normalized spacial score (nSPS) is 13.0. The molecule has 1 aromatic carbocycles. The standard InChI is InChI=1S/C15H13BN4O5S/c1-9(21)19-15-4-11(6-17)14(7-18-15)26(23,24)20-12-3-2-10-8-25-16(22)13(10)5-12/h2-5,7,20,22H,8H2,1H3,(H,18,19,21). The van der Waals surface area contributed by atoms with Crippen molar-refractivity contribution >= 4 is 40.0 Å². The van der Waals surface area contributed by atoms with Crippen LogP contribution in [0.3, 0.4) is 0 Å². The summed E-state index contributed by atoms with van der Waals surface area (Å²) in [6, 6.07) is 7.60. The lowest BCUT2D eigenvalue weighted by Gasteiger charge is -2.11. The first-order valence-corrected chi connectivity index (χ1v) is 8.91. The van der Waals surface area contributed by atoms with Crippen molar-refractivity contribution in [1.82, 2.24) is 4.98 Å². The third kappa shape index (κ3) is 3.52. The van der Waals surface area contributed by atoms with Gasteiger partial charge in [-0.2, -0.15) is 5.26 Å². The summed E-state index contributed by atoms with van der Waals surface area (Å²) in [4.78, 5) is 14.6. The van der Waals surface area contributed by atoms with Crippen LogP contribution in [-0.4, -0.2) is 31.5 Å². The van der Waals surface area contributed by atoms with E-state index < -0.39 is 23.0 Å². The molecule has 1 aliphatic heterocycles. The molecule has 1 aliphatic rings. The highest BCUT2D eigenvalue weighted by Gasteiger charge is 2.28. The highest BCUT2D eigenvalue weighted by atomic mass is 32.2. The van der Waals surface area contributed by atoms with E-state index in [-0.39, 0.29) is 28.6 Å². The summed E-state index contributed by atoms with van der Waals surface area (Å²) in [6.45, 7) is 1.52. The van der Waals surface area contributed by atoms with Crippen LogP contribution in [0.1, 0.15) is 18.1 Å². The Morgan fingerprint density at radius 1 is 1.42 bits per heavy atom. The second-order valence-corrected chi connectivity index (χ2v) is 7.19. The maximum Gasteiger partial charge on any atom is 0.491 e. The van der Waals surface area contributed by atoms with Gasteiger partial charge in [-0.3, -0.25) is 9.52 Å². The van der Waals surface area contributed by atoms with Crippen molar-refractivity contribution in [2.45, 2.75) is 18.4 Å². The van der Waals surface area contributed by atoms with Gasteiger partial charge in [0.1, 0.15) is 16.8 Å². The molecule has 0 radical (unpaired) electrons. The zero-order chi connectivity index (χ0) is 18.9. The molecule has 0 saturated heterocycles. The van der Waals surface area contributed by atoms with Crippen LogP contribution in [-0.2, 0) is 26.1 Å². The Morgan fingerprint density at radius 2 is 2.19 bits per heavy atom. The molecule has 11 heteroatoms. The molecule has 9 nitrogen and oxygen atoms in total. The zero-order valence-corrected chi connectivity index (χ0v) is 14.4. The number of amides is 1. The minimum Gasteiger partial charge on any atom is -0.423 e. The molecule has 2 heterocycles. The first-order chi connectivity index (χ1) is 12.3. The van der Waals surface area contributed by atoms with Gasteiger partial charge in [-0.25, -0.2) is 13.4 Å². The highest BCUT2D eigenvalue weighted by Crippen LogP contribution is 2.22. The van der Waals surface area contributed by atoms with Crippen LogP contribution in [0.2, 0.25) is 0 Å². The van der Waals surface area contributed by atoms with Crippen molar-refractivity contribution in [1.29, 1.82) is 5.26 Å². The van der Waals surface area contributed by atoms with E-state index >= 15 is 0 Å². The van der Waals surface area contributed by atoms with Crippen LogP contribution in [0.4, 0.5) is 11.5 Å². The number of rotatable bonds is 4. The van der Waals surface area contributed by atoms with Crippen molar-refractivity contribution in [3.63, 3.8) is 0 Å². The maximum atomic E-state index is 12.6. The number of carbonyl (C=O) groups is 1. The van der Waals surface area contributed by atoms with Gasteiger partial charge in [0.15, 0.2) is 0 Å².